The van der Waals surface area contributed by atoms with E-state index in [9.17, 15) is 13.2 Å². The third-order valence-corrected chi connectivity index (χ3v) is 5.30. The van der Waals surface area contributed by atoms with Crippen LogP contribution in [0.25, 0.3) is 0 Å². The van der Waals surface area contributed by atoms with Gasteiger partial charge < -0.3 is 5.32 Å². The van der Waals surface area contributed by atoms with Crippen molar-refractivity contribution in [2.45, 2.75) is 39.7 Å². The van der Waals surface area contributed by atoms with Gasteiger partial charge in [-0.2, -0.15) is 0 Å². The zero-order chi connectivity index (χ0) is 16.0. The van der Waals surface area contributed by atoms with Gasteiger partial charge in [0.1, 0.15) is 0 Å². The first-order valence-electron chi connectivity index (χ1n) is 7.10. The molecule has 1 amide bonds. The van der Waals surface area contributed by atoms with Crippen LogP contribution in [0.5, 0.6) is 0 Å². The molecule has 0 radical (unpaired) electrons. The average Bonchev–Trinajstić information content (AvgIpc) is 2.44. The Hall–Kier alpha value is -0.930. The molecule has 1 saturated heterocycles. The lowest BCUT2D eigenvalue weighted by Crippen LogP contribution is -2.53. The Morgan fingerprint density at radius 1 is 1.38 bits per heavy atom. The second-order valence-electron chi connectivity index (χ2n) is 5.34. The number of hydrazine groups is 1. The van der Waals surface area contributed by atoms with Crippen LogP contribution in [0.2, 0.25) is 0 Å². The van der Waals surface area contributed by atoms with E-state index >= 15 is 0 Å². The zero-order valence-corrected chi connectivity index (χ0v) is 14.3. The standard InChI is InChI=1S/C12H24N4O3S2/c1-4-21(18,19)16-7-5-6-10(8-16)11(17)14-15-12(20)13-9(2)3/h9-10H,4-8H2,1-3H3,(H,14,17)(H2,13,15,20). The van der Waals surface area contributed by atoms with Crippen LogP contribution in [0, 0.1) is 5.92 Å². The van der Waals surface area contributed by atoms with Crippen molar-refractivity contribution >= 4 is 33.3 Å². The SMILES string of the molecule is CCS(=O)(=O)N1CCCC(C(=O)NNC(=S)NC(C)C)C1. The molecule has 1 heterocycles. The van der Waals surface area contributed by atoms with Crippen LogP contribution in [0.1, 0.15) is 33.6 Å². The summed E-state index contributed by atoms with van der Waals surface area (Å²) >= 11 is 5.01. The number of hydrogen-bond donors (Lipinski definition) is 3. The lowest BCUT2D eigenvalue weighted by molar-refractivity contribution is -0.126. The summed E-state index contributed by atoms with van der Waals surface area (Å²) in [7, 11) is -3.24. The number of amides is 1. The minimum absolute atomic E-state index is 0.0575. The molecule has 0 saturated carbocycles. The molecule has 1 fully saturated rings. The Kier molecular flexibility index (Phi) is 6.82. The number of piperidine rings is 1. The fourth-order valence-corrected chi connectivity index (χ4v) is 3.58. The van der Waals surface area contributed by atoms with E-state index in [0.717, 1.165) is 0 Å². The highest BCUT2D eigenvalue weighted by Gasteiger charge is 2.31. The summed E-state index contributed by atoms with van der Waals surface area (Å²) in [5.74, 6) is -0.532. The van der Waals surface area contributed by atoms with Crippen LogP contribution in [0.3, 0.4) is 0 Å². The van der Waals surface area contributed by atoms with Crippen molar-refractivity contribution < 1.29 is 13.2 Å². The highest BCUT2D eigenvalue weighted by atomic mass is 32.2. The van der Waals surface area contributed by atoms with Crippen LogP contribution in [-0.4, -0.2) is 48.6 Å². The summed E-state index contributed by atoms with van der Waals surface area (Å²) in [6, 6.07) is 0.168. The van der Waals surface area contributed by atoms with Crippen molar-refractivity contribution in [2.24, 2.45) is 5.92 Å². The second kappa shape index (κ2) is 7.90. The number of nitrogens with zero attached hydrogens (tertiary/aromatic N) is 1. The minimum Gasteiger partial charge on any atom is -0.359 e. The van der Waals surface area contributed by atoms with Crippen molar-refractivity contribution in [1.29, 1.82) is 0 Å². The Balaban J connectivity index is 2.49. The van der Waals surface area contributed by atoms with Crippen LogP contribution in [0.15, 0.2) is 0 Å². The van der Waals surface area contributed by atoms with E-state index in [1.807, 2.05) is 13.8 Å². The monoisotopic (exact) mass is 336 g/mol. The fourth-order valence-electron chi connectivity index (χ4n) is 2.11. The molecule has 0 aromatic heterocycles. The van der Waals surface area contributed by atoms with Crippen LogP contribution < -0.4 is 16.2 Å². The van der Waals surface area contributed by atoms with Gasteiger partial charge in [-0.15, -0.1) is 0 Å². The quantitative estimate of drug-likeness (QED) is 0.493. The molecule has 3 N–H and O–H groups in total. The number of rotatable bonds is 4. The maximum absolute atomic E-state index is 12.1. The molecule has 1 aliphatic rings. The fraction of sp³-hybridized carbons (Fsp3) is 0.833. The topological polar surface area (TPSA) is 90.5 Å². The van der Waals surface area contributed by atoms with Crippen molar-refractivity contribution in [3.8, 4) is 0 Å². The van der Waals surface area contributed by atoms with Crippen LogP contribution >= 0.6 is 12.2 Å². The van der Waals surface area contributed by atoms with E-state index in [2.05, 4.69) is 16.2 Å². The van der Waals surface area contributed by atoms with E-state index < -0.39 is 10.0 Å². The van der Waals surface area contributed by atoms with Crippen molar-refractivity contribution in [3.63, 3.8) is 0 Å². The predicted molar refractivity (Wildman–Crippen MR) is 85.9 cm³/mol. The van der Waals surface area contributed by atoms with Crippen LogP contribution in [-0.2, 0) is 14.8 Å². The van der Waals surface area contributed by atoms with Gasteiger partial charge in [-0.3, -0.25) is 15.6 Å². The molecule has 1 rings (SSSR count). The third-order valence-electron chi connectivity index (χ3n) is 3.23. The summed E-state index contributed by atoms with van der Waals surface area (Å²) < 4.78 is 25.1. The first-order valence-corrected chi connectivity index (χ1v) is 9.12. The molecule has 1 atom stereocenters. The number of carbonyl (C=O) groups is 1. The van der Waals surface area contributed by atoms with Gasteiger partial charge in [-0.1, -0.05) is 0 Å². The van der Waals surface area contributed by atoms with Crippen molar-refractivity contribution in [2.75, 3.05) is 18.8 Å². The number of carbonyl (C=O) groups excluding carboxylic acids is 1. The lowest BCUT2D eigenvalue weighted by Gasteiger charge is -2.31. The molecule has 1 aliphatic heterocycles. The van der Waals surface area contributed by atoms with Gasteiger partial charge in [0.25, 0.3) is 0 Å². The molecule has 122 valence electrons. The molecule has 0 aliphatic carbocycles. The smallest absolute Gasteiger partial charge is 0.242 e. The number of thiocarbonyl (C=S) groups is 1. The highest BCUT2D eigenvalue weighted by Crippen LogP contribution is 2.19. The summed E-state index contributed by atoms with van der Waals surface area (Å²) in [6.45, 7) is 6.19. The average molecular weight is 336 g/mol. The van der Waals surface area contributed by atoms with E-state index in [1.165, 1.54) is 4.31 Å². The Labute approximate surface area is 131 Å². The number of sulfonamides is 1. The molecular weight excluding hydrogens is 312 g/mol. The van der Waals surface area contributed by atoms with Gasteiger partial charge in [-0.05, 0) is 45.8 Å². The Morgan fingerprint density at radius 3 is 2.62 bits per heavy atom. The minimum atomic E-state index is -3.24. The summed E-state index contributed by atoms with van der Waals surface area (Å²) in [6.07, 6.45) is 1.36. The van der Waals surface area contributed by atoms with Gasteiger partial charge in [-0.25, -0.2) is 12.7 Å². The molecule has 0 spiro atoms. The molecule has 0 aromatic rings. The largest absolute Gasteiger partial charge is 0.359 e. The van der Waals surface area contributed by atoms with Crippen molar-refractivity contribution in [1.82, 2.24) is 20.5 Å². The van der Waals surface area contributed by atoms with E-state index in [0.29, 0.717) is 24.5 Å². The highest BCUT2D eigenvalue weighted by molar-refractivity contribution is 7.89. The Morgan fingerprint density at radius 2 is 2.05 bits per heavy atom. The molecule has 0 bridgehead atoms. The van der Waals surface area contributed by atoms with Gasteiger partial charge in [0.05, 0.1) is 11.7 Å². The van der Waals surface area contributed by atoms with Gasteiger partial charge in [0.2, 0.25) is 15.9 Å². The maximum Gasteiger partial charge on any atom is 0.242 e. The van der Waals surface area contributed by atoms with E-state index in [4.69, 9.17) is 12.2 Å². The van der Waals surface area contributed by atoms with Gasteiger partial charge in [0, 0.05) is 19.1 Å². The van der Waals surface area contributed by atoms with Gasteiger partial charge >= 0.3 is 0 Å². The molecule has 21 heavy (non-hydrogen) atoms. The Bertz CT molecular complexity index is 479. The summed E-state index contributed by atoms with van der Waals surface area (Å²) in [5, 5.41) is 3.28. The zero-order valence-electron chi connectivity index (χ0n) is 12.7. The maximum atomic E-state index is 12.1. The first-order chi connectivity index (χ1) is 9.76. The molecule has 0 aromatic carbocycles. The third kappa shape index (κ3) is 5.76. The summed E-state index contributed by atoms with van der Waals surface area (Å²) in [5.41, 5.74) is 5.16. The summed E-state index contributed by atoms with van der Waals surface area (Å²) in [4.78, 5) is 12.1. The molecular formula is C12H24N4O3S2. The van der Waals surface area contributed by atoms with E-state index in [1.54, 1.807) is 6.92 Å². The predicted octanol–water partition coefficient (Wildman–Crippen LogP) is -0.0482. The molecule has 9 heteroatoms. The number of hydrogen-bond acceptors (Lipinski definition) is 4. The normalized spacial score (nSPS) is 20.1. The van der Waals surface area contributed by atoms with E-state index in [-0.39, 0.29) is 30.2 Å². The first kappa shape index (κ1) is 18.1. The molecule has 1 unspecified atom stereocenters. The molecule has 7 nitrogen and oxygen atoms in total. The van der Waals surface area contributed by atoms with Crippen LogP contribution in [0.4, 0.5) is 0 Å². The van der Waals surface area contributed by atoms with Crippen molar-refractivity contribution in [3.05, 3.63) is 0 Å². The van der Waals surface area contributed by atoms with Gasteiger partial charge in [0.15, 0.2) is 5.11 Å². The second-order valence-corrected chi connectivity index (χ2v) is 8.01. The number of nitrogens with one attached hydrogen (secondary N) is 3. The lowest BCUT2D eigenvalue weighted by atomic mass is 9.99.